The van der Waals surface area contributed by atoms with Crippen molar-refractivity contribution in [3.05, 3.63) is 23.4 Å². The second kappa shape index (κ2) is 7.53. The van der Waals surface area contributed by atoms with Crippen molar-refractivity contribution in [3.8, 4) is 0 Å². The Balaban J connectivity index is 2.83. The van der Waals surface area contributed by atoms with Crippen molar-refractivity contribution >= 4 is 23.5 Å². The predicted octanol–water partition coefficient (Wildman–Crippen LogP) is 2.95. The van der Waals surface area contributed by atoms with Crippen molar-refractivity contribution < 1.29 is 4.79 Å². The third-order valence-electron chi connectivity index (χ3n) is 3.09. The van der Waals surface area contributed by atoms with Gasteiger partial charge in [-0.25, -0.2) is 4.98 Å². The van der Waals surface area contributed by atoms with Crippen LogP contribution >= 0.6 is 11.8 Å². The molecule has 4 nitrogen and oxygen atoms in total. The largest absolute Gasteiger partial charge is 0.370 e. The van der Waals surface area contributed by atoms with E-state index in [0.29, 0.717) is 12.1 Å². The first-order valence-corrected chi connectivity index (χ1v) is 8.22. The van der Waals surface area contributed by atoms with Gasteiger partial charge in [0.05, 0.1) is 0 Å². The summed E-state index contributed by atoms with van der Waals surface area (Å²) in [4.78, 5) is 16.7. The molecule has 0 aliphatic heterocycles. The molecule has 0 saturated carbocycles. The van der Waals surface area contributed by atoms with Crippen LogP contribution in [0.2, 0.25) is 0 Å². The number of carbonyl (C=O) groups is 1. The molecule has 1 aromatic rings. The first kappa shape index (κ1) is 16.8. The molecular weight excluding hydrogens is 270 g/mol. The van der Waals surface area contributed by atoms with Gasteiger partial charge in [0.25, 0.3) is 5.91 Å². The van der Waals surface area contributed by atoms with Gasteiger partial charge in [0, 0.05) is 29.1 Å². The van der Waals surface area contributed by atoms with Crippen molar-refractivity contribution in [3.63, 3.8) is 0 Å². The second-order valence-corrected chi connectivity index (χ2v) is 6.78. The summed E-state index contributed by atoms with van der Waals surface area (Å²) in [5.41, 5.74) is 1.60. The zero-order valence-electron chi connectivity index (χ0n) is 13.0. The highest BCUT2D eigenvalue weighted by Gasteiger charge is 2.18. The third-order valence-corrected chi connectivity index (χ3v) is 4.34. The Morgan fingerprint density at radius 1 is 1.35 bits per heavy atom. The Hall–Kier alpha value is -1.23. The highest BCUT2D eigenvalue weighted by atomic mass is 32.2. The Labute approximate surface area is 126 Å². The fourth-order valence-electron chi connectivity index (χ4n) is 1.64. The van der Waals surface area contributed by atoms with Gasteiger partial charge in [-0.2, -0.15) is 11.8 Å². The van der Waals surface area contributed by atoms with Crippen LogP contribution < -0.4 is 10.6 Å². The SMILES string of the molecule is CCNc1cc(C(=O)NCC(C)(C)SC)cc(CC)n1. The number of rotatable bonds is 7. The lowest BCUT2D eigenvalue weighted by atomic mass is 10.1. The monoisotopic (exact) mass is 295 g/mol. The van der Waals surface area contributed by atoms with Gasteiger partial charge >= 0.3 is 0 Å². The average molecular weight is 295 g/mol. The maximum atomic E-state index is 12.3. The van der Waals surface area contributed by atoms with Crippen LogP contribution in [0.3, 0.4) is 0 Å². The van der Waals surface area contributed by atoms with E-state index in [1.807, 2.05) is 26.0 Å². The first-order chi connectivity index (χ1) is 9.41. The molecule has 0 unspecified atom stereocenters. The van der Waals surface area contributed by atoms with E-state index in [1.165, 1.54) is 0 Å². The molecule has 112 valence electrons. The molecule has 1 rings (SSSR count). The predicted molar refractivity (Wildman–Crippen MR) is 87.7 cm³/mol. The fourth-order valence-corrected chi connectivity index (χ4v) is 1.86. The number of thioether (sulfide) groups is 1. The highest BCUT2D eigenvalue weighted by molar-refractivity contribution is 7.99. The third kappa shape index (κ3) is 5.04. The number of amides is 1. The van der Waals surface area contributed by atoms with E-state index in [9.17, 15) is 4.79 Å². The number of anilines is 1. The summed E-state index contributed by atoms with van der Waals surface area (Å²) in [6.45, 7) is 9.73. The lowest BCUT2D eigenvalue weighted by molar-refractivity contribution is 0.0950. The van der Waals surface area contributed by atoms with E-state index in [2.05, 4.69) is 35.7 Å². The second-order valence-electron chi connectivity index (χ2n) is 5.26. The van der Waals surface area contributed by atoms with Crippen molar-refractivity contribution in [2.24, 2.45) is 0 Å². The number of hydrogen-bond acceptors (Lipinski definition) is 4. The number of aromatic nitrogens is 1. The molecule has 0 fully saturated rings. The zero-order valence-corrected chi connectivity index (χ0v) is 13.9. The van der Waals surface area contributed by atoms with Gasteiger partial charge in [-0.15, -0.1) is 0 Å². The minimum Gasteiger partial charge on any atom is -0.370 e. The van der Waals surface area contributed by atoms with Crippen LogP contribution in [0.15, 0.2) is 12.1 Å². The van der Waals surface area contributed by atoms with E-state index < -0.39 is 0 Å². The molecule has 0 atom stereocenters. The average Bonchev–Trinajstić information content (AvgIpc) is 2.44. The molecule has 0 bridgehead atoms. The fraction of sp³-hybridized carbons (Fsp3) is 0.600. The van der Waals surface area contributed by atoms with Gasteiger partial charge in [-0.1, -0.05) is 6.92 Å². The minimum atomic E-state index is -0.0385. The van der Waals surface area contributed by atoms with Crippen LogP contribution in [0, 0.1) is 0 Å². The molecule has 0 radical (unpaired) electrons. The van der Waals surface area contributed by atoms with Crippen molar-refractivity contribution in [1.82, 2.24) is 10.3 Å². The van der Waals surface area contributed by atoms with Crippen molar-refractivity contribution in [2.75, 3.05) is 24.7 Å². The van der Waals surface area contributed by atoms with E-state index in [4.69, 9.17) is 0 Å². The van der Waals surface area contributed by atoms with Gasteiger partial charge in [0.2, 0.25) is 0 Å². The maximum absolute atomic E-state index is 12.3. The van der Waals surface area contributed by atoms with Gasteiger partial charge in [-0.05, 0) is 45.6 Å². The number of pyridine rings is 1. The molecule has 0 aromatic carbocycles. The lowest BCUT2D eigenvalue weighted by Crippen LogP contribution is -2.36. The van der Waals surface area contributed by atoms with Gasteiger partial charge in [0.15, 0.2) is 0 Å². The maximum Gasteiger partial charge on any atom is 0.251 e. The van der Waals surface area contributed by atoms with Crippen LogP contribution in [0.4, 0.5) is 5.82 Å². The van der Waals surface area contributed by atoms with E-state index in [0.717, 1.165) is 24.5 Å². The molecule has 1 amide bonds. The van der Waals surface area contributed by atoms with Crippen LogP contribution in [-0.4, -0.2) is 35.0 Å². The van der Waals surface area contributed by atoms with Crippen LogP contribution in [0.25, 0.3) is 0 Å². The smallest absolute Gasteiger partial charge is 0.251 e. The van der Waals surface area contributed by atoms with E-state index in [-0.39, 0.29) is 10.7 Å². The highest BCUT2D eigenvalue weighted by Crippen LogP contribution is 2.20. The summed E-state index contributed by atoms with van der Waals surface area (Å²) in [5, 5.41) is 6.16. The lowest BCUT2D eigenvalue weighted by Gasteiger charge is -2.22. The van der Waals surface area contributed by atoms with Crippen molar-refractivity contribution in [1.29, 1.82) is 0 Å². The van der Waals surface area contributed by atoms with Gasteiger partial charge in [-0.3, -0.25) is 4.79 Å². The Morgan fingerprint density at radius 2 is 2.05 bits per heavy atom. The molecular formula is C15H25N3OS. The van der Waals surface area contributed by atoms with E-state index >= 15 is 0 Å². The van der Waals surface area contributed by atoms with Crippen molar-refractivity contribution in [2.45, 2.75) is 38.9 Å². The number of nitrogens with zero attached hydrogens (tertiary/aromatic N) is 1. The number of nitrogens with one attached hydrogen (secondary N) is 2. The number of carbonyl (C=O) groups excluding carboxylic acids is 1. The molecule has 20 heavy (non-hydrogen) atoms. The summed E-state index contributed by atoms with van der Waals surface area (Å²) < 4.78 is 0.0424. The molecule has 1 aromatic heterocycles. The van der Waals surface area contributed by atoms with Gasteiger partial charge in [0.1, 0.15) is 5.82 Å². The molecule has 0 aliphatic rings. The minimum absolute atomic E-state index is 0.0385. The topological polar surface area (TPSA) is 54.0 Å². The molecule has 5 heteroatoms. The molecule has 2 N–H and O–H groups in total. The van der Waals surface area contributed by atoms with Gasteiger partial charge < -0.3 is 10.6 Å². The number of hydrogen-bond donors (Lipinski definition) is 2. The molecule has 0 aliphatic carbocycles. The normalized spacial score (nSPS) is 11.2. The Bertz CT molecular complexity index is 460. The first-order valence-electron chi connectivity index (χ1n) is 7.00. The zero-order chi connectivity index (χ0) is 15.2. The summed E-state index contributed by atoms with van der Waals surface area (Å²) in [5.74, 6) is 0.726. The van der Waals surface area contributed by atoms with E-state index in [1.54, 1.807) is 11.8 Å². The summed E-state index contributed by atoms with van der Waals surface area (Å²) in [6.07, 6.45) is 2.87. The molecule has 0 spiro atoms. The summed E-state index contributed by atoms with van der Waals surface area (Å²) in [6, 6.07) is 3.67. The van der Waals surface area contributed by atoms with Crippen LogP contribution in [0.1, 0.15) is 43.7 Å². The van der Waals surface area contributed by atoms with Crippen LogP contribution in [-0.2, 0) is 6.42 Å². The molecule has 0 saturated heterocycles. The quantitative estimate of drug-likeness (QED) is 0.812. The Kier molecular flexibility index (Phi) is 6.33. The summed E-state index contributed by atoms with van der Waals surface area (Å²) >= 11 is 1.74. The summed E-state index contributed by atoms with van der Waals surface area (Å²) in [7, 11) is 0. The van der Waals surface area contributed by atoms with Crippen LogP contribution in [0.5, 0.6) is 0 Å². The Morgan fingerprint density at radius 3 is 2.60 bits per heavy atom. The number of aryl methyl sites for hydroxylation is 1. The molecule has 1 heterocycles. The standard InChI is InChI=1S/C15H25N3OS/c1-6-12-8-11(9-13(18-12)16-7-2)14(19)17-10-15(3,4)20-5/h8-9H,6-7,10H2,1-5H3,(H,16,18)(H,17,19).